The van der Waals surface area contributed by atoms with Crippen molar-refractivity contribution in [2.45, 2.75) is 70.2 Å². The molecule has 0 N–H and O–H groups in total. The van der Waals surface area contributed by atoms with Crippen LogP contribution in [0.25, 0.3) is 0 Å². The predicted octanol–water partition coefficient (Wildman–Crippen LogP) is 7.54. The highest BCUT2D eigenvalue weighted by Gasteiger charge is 2.51. The van der Waals surface area contributed by atoms with Crippen LogP contribution >= 0.6 is 35.0 Å². The van der Waals surface area contributed by atoms with Gasteiger partial charge in [-0.1, -0.05) is 68.2 Å². The van der Waals surface area contributed by atoms with Crippen LogP contribution in [-0.4, -0.2) is 40.9 Å². The third-order valence-corrected chi connectivity index (χ3v) is 8.44. The average Bonchev–Trinajstić information content (AvgIpc) is 2.80. The summed E-state index contributed by atoms with van der Waals surface area (Å²) in [5, 5.41) is 1.82. The van der Waals surface area contributed by atoms with Gasteiger partial charge in [0.2, 0.25) is 5.91 Å². The largest absolute Gasteiger partial charge is 0.469 e. The van der Waals surface area contributed by atoms with Gasteiger partial charge < -0.3 is 9.64 Å². The standard InChI is InChI=1S/C28H35Cl2NO3S/c1-18(2)35-14-13-19(3)31-26(20-9-11-22(29)12-10-20)24(21-7-6-8-23(30)15-21)16-28(4,27(31)33)17-25(32)34-5/h6-12,15,18-19,24,26H,13-14,16-17H2,1-5H3/t19-,24+,26+,28+/m0/s1. The van der Waals surface area contributed by atoms with Crippen LogP contribution in [0.3, 0.4) is 0 Å². The first-order valence-electron chi connectivity index (χ1n) is 12.1. The van der Waals surface area contributed by atoms with Crippen molar-refractivity contribution in [1.29, 1.82) is 0 Å². The Morgan fingerprint density at radius 3 is 2.40 bits per heavy atom. The third kappa shape index (κ3) is 6.75. The Kier molecular flexibility index (Phi) is 9.59. The minimum Gasteiger partial charge on any atom is -0.469 e. The fraction of sp³-hybridized carbons (Fsp3) is 0.500. The summed E-state index contributed by atoms with van der Waals surface area (Å²) in [4.78, 5) is 28.6. The number of carbonyl (C=O) groups excluding carboxylic acids is 2. The van der Waals surface area contributed by atoms with Crippen LogP contribution in [0.4, 0.5) is 0 Å². The Balaban J connectivity index is 2.13. The molecule has 2 aromatic rings. The molecule has 4 atom stereocenters. The summed E-state index contributed by atoms with van der Waals surface area (Å²) in [6.07, 6.45) is 1.41. The van der Waals surface area contributed by atoms with Crippen molar-refractivity contribution < 1.29 is 14.3 Å². The van der Waals surface area contributed by atoms with E-state index in [0.717, 1.165) is 23.3 Å². The molecule has 0 spiro atoms. The number of esters is 1. The lowest BCUT2D eigenvalue weighted by Crippen LogP contribution is -2.55. The monoisotopic (exact) mass is 535 g/mol. The number of amides is 1. The van der Waals surface area contributed by atoms with E-state index in [1.807, 2.05) is 66.1 Å². The molecule has 0 aromatic heterocycles. The first-order chi connectivity index (χ1) is 16.6. The fourth-order valence-electron chi connectivity index (χ4n) is 5.03. The van der Waals surface area contributed by atoms with Gasteiger partial charge in [0.15, 0.2) is 0 Å². The second-order valence-electron chi connectivity index (χ2n) is 9.95. The second kappa shape index (κ2) is 12.0. The molecule has 0 unspecified atom stereocenters. The van der Waals surface area contributed by atoms with Crippen molar-refractivity contribution in [3.05, 3.63) is 69.7 Å². The molecule has 4 nitrogen and oxygen atoms in total. The van der Waals surface area contributed by atoms with Crippen LogP contribution in [0.5, 0.6) is 0 Å². The summed E-state index contributed by atoms with van der Waals surface area (Å²) in [7, 11) is 1.37. The SMILES string of the molecule is COC(=O)C[C@@]1(C)C[C@H](c2cccc(Cl)c2)[C@@H](c2ccc(Cl)cc2)N([C@@H](C)CCSC(C)C)C1=O. The first-order valence-corrected chi connectivity index (χ1v) is 13.9. The molecule has 190 valence electrons. The Hall–Kier alpha value is -1.69. The summed E-state index contributed by atoms with van der Waals surface area (Å²) in [6, 6.07) is 15.4. The maximum Gasteiger partial charge on any atom is 0.306 e. The minimum atomic E-state index is -0.886. The minimum absolute atomic E-state index is 0.0109. The van der Waals surface area contributed by atoms with Crippen LogP contribution < -0.4 is 0 Å². The maximum absolute atomic E-state index is 14.2. The van der Waals surface area contributed by atoms with Crippen LogP contribution in [-0.2, 0) is 14.3 Å². The molecule has 0 saturated carbocycles. The Bertz CT molecular complexity index is 1030. The highest BCUT2D eigenvalue weighted by atomic mass is 35.5. The van der Waals surface area contributed by atoms with Gasteiger partial charge in [-0.15, -0.1) is 0 Å². The lowest BCUT2D eigenvalue weighted by Gasteiger charge is -2.51. The molecule has 1 aliphatic heterocycles. The lowest BCUT2D eigenvalue weighted by molar-refractivity contribution is -0.161. The number of hydrogen-bond acceptors (Lipinski definition) is 4. The van der Waals surface area contributed by atoms with Gasteiger partial charge in [-0.05, 0) is 66.2 Å². The van der Waals surface area contributed by atoms with E-state index in [2.05, 4.69) is 26.8 Å². The van der Waals surface area contributed by atoms with Crippen molar-refractivity contribution in [3.8, 4) is 0 Å². The van der Waals surface area contributed by atoms with Crippen molar-refractivity contribution in [2.24, 2.45) is 5.41 Å². The van der Waals surface area contributed by atoms with Gasteiger partial charge >= 0.3 is 5.97 Å². The zero-order valence-corrected chi connectivity index (χ0v) is 23.4. The van der Waals surface area contributed by atoms with Crippen molar-refractivity contribution in [3.63, 3.8) is 0 Å². The number of methoxy groups -OCH3 is 1. The zero-order valence-electron chi connectivity index (χ0n) is 21.1. The molecule has 2 aromatic carbocycles. The summed E-state index contributed by atoms with van der Waals surface area (Å²) in [5.74, 6) is 0.509. The Morgan fingerprint density at radius 2 is 1.80 bits per heavy atom. The number of nitrogens with zero attached hydrogens (tertiary/aromatic N) is 1. The predicted molar refractivity (Wildman–Crippen MR) is 146 cm³/mol. The van der Waals surface area contributed by atoms with E-state index in [9.17, 15) is 9.59 Å². The number of carbonyl (C=O) groups is 2. The highest BCUT2D eigenvalue weighted by molar-refractivity contribution is 7.99. The lowest BCUT2D eigenvalue weighted by atomic mass is 9.67. The van der Waals surface area contributed by atoms with Gasteiger partial charge in [-0.25, -0.2) is 0 Å². The van der Waals surface area contributed by atoms with E-state index in [1.165, 1.54) is 7.11 Å². The molecule has 1 fully saturated rings. The van der Waals surface area contributed by atoms with E-state index in [-0.39, 0.29) is 36.3 Å². The summed E-state index contributed by atoms with van der Waals surface area (Å²) >= 11 is 14.5. The number of halogens is 2. The number of thioether (sulfide) groups is 1. The summed E-state index contributed by atoms with van der Waals surface area (Å²) in [5.41, 5.74) is 1.19. The molecule has 1 amide bonds. The molecule has 0 bridgehead atoms. The van der Waals surface area contributed by atoms with E-state index < -0.39 is 5.41 Å². The molecule has 1 saturated heterocycles. The van der Waals surface area contributed by atoms with Gasteiger partial charge in [0.05, 0.1) is 25.0 Å². The molecule has 7 heteroatoms. The fourth-order valence-corrected chi connectivity index (χ4v) is 6.31. The molecule has 35 heavy (non-hydrogen) atoms. The molecule has 0 radical (unpaired) electrons. The molecular formula is C28H35Cl2NO3S. The summed E-state index contributed by atoms with van der Waals surface area (Å²) in [6.45, 7) is 8.37. The number of piperidine rings is 1. The normalized spacial score (nSPS) is 23.4. The number of benzene rings is 2. The highest BCUT2D eigenvalue weighted by Crippen LogP contribution is 2.52. The Labute approximate surface area is 223 Å². The molecule has 1 aliphatic rings. The maximum atomic E-state index is 14.2. The van der Waals surface area contributed by atoms with Crippen LogP contribution in [0.2, 0.25) is 10.0 Å². The molecule has 1 heterocycles. The van der Waals surface area contributed by atoms with Gasteiger partial charge in [-0.3, -0.25) is 9.59 Å². The van der Waals surface area contributed by atoms with Crippen molar-refractivity contribution in [1.82, 2.24) is 4.90 Å². The van der Waals surface area contributed by atoms with E-state index in [1.54, 1.807) is 0 Å². The quantitative estimate of drug-likeness (QED) is 0.311. The van der Waals surface area contributed by atoms with E-state index in [4.69, 9.17) is 27.9 Å². The Morgan fingerprint density at radius 1 is 1.11 bits per heavy atom. The van der Waals surface area contributed by atoms with Gasteiger partial charge in [-0.2, -0.15) is 11.8 Å². The van der Waals surface area contributed by atoms with Gasteiger partial charge in [0, 0.05) is 22.0 Å². The van der Waals surface area contributed by atoms with Gasteiger partial charge in [0.25, 0.3) is 0 Å². The number of likely N-dealkylation sites (tertiary alicyclic amines) is 1. The molecule has 0 aliphatic carbocycles. The molecule has 3 rings (SSSR count). The van der Waals surface area contributed by atoms with Crippen LogP contribution in [0, 0.1) is 5.41 Å². The van der Waals surface area contributed by atoms with E-state index in [0.29, 0.717) is 21.7 Å². The number of hydrogen-bond donors (Lipinski definition) is 0. The van der Waals surface area contributed by atoms with Crippen molar-refractivity contribution >= 4 is 46.8 Å². The molecular weight excluding hydrogens is 501 g/mol. The number of rotatable bonds is 9. The third-order valence-electron chi connectivity index (χ3n) is 6.81. The summed E-state index contributed by atoms with van der Waals surface area (Å²) < 4.78 is 4.99. The zero-order chi connectivity index (χ0) is 25.8. The second-order valence-corrected chi connectivity index (χ2v) is 12.5. The average molecular weight is 537 g/mol. The first kappa shape index (κ1) is 27.9. The van der Waals surface area contributed by atoms with E-state index >= 15 is 0 Å². The topological polar surface area (TPSA) is 46.6 Å². The van der Waals surface area contributed by atoms with Crippen LogP contribution in [0.15, 0.2) is 48.5 Å². The smallest absolute Gasteiger partial charge is 0.306 e. The van der Waals surface area contributed by atoms with Crippen molar-refractivity contribution in [2.75, 3.05) is 12.9 Å². The van der Waals surface area contributed by atoms with Gasteiger partial charge in [0.1, 0.15) is 0 Å². The van der Waals surface area contributed by atoms with Crippen LogP contribution in [0.1, 0.15) is 70.0 Å². The number of ether oxygens (including phenoxy) is 1.